The Hall–Kier alpha value is -2.52. The summed E-state index contributed by atoms with van der Waals surface area (Å²) in [6.07, 6.45) is 4.04. The molecule has 2 aliphatic rings. The van der Waals surface area contributed by atoms with Crippen molar-refractivity contribution in [1.82, 2.24) is 20.3 Å². The van der Waals surface area contributed by atoms with Gasteiger partial charge in [-0.1, -0.05) is 49.1 Å². The Bertz CT molecular complexity index is 1020. The molecule has 1 spiro atoms. The van der Waals surface area contributed by atoms with Crippen molar-refractivity contribution in [2.75, 3.05) is 0 Å². The van der Waals surface area contributed by atoms with Gasteiger partial charge >= 0.3 is 6.03 Å². The van der Waals surface area contributed by atoms with Gasteiger partial charge in [0.15, 0.2) is 3.95 Å². The van der Waals surface area contributed by atoms with Crippen LogP contribution < -0.4 is 10.7 Å². The molecule has 2 heterocycles. The lowest BCUT2D eigenvalue weighted by molar-refractivity contribution is -0.140. The van der Waals surface area contributed by atoms with Gasteiger partial charge in [0, 0.05) is 5.38 Å². The van der Waals surface area contributed by atoms with Crippen LogP contribution in [0.5, 0.6) is 0 Å². The molecule has 1 aromatic carbocycles. The summed E-state index contributed by atoms with van der Waals surface area (Å²) < 4.78 is 2.27. The number of rotatable bonds is 4. The number of hydrazine groups is 1. The lowest BCUT2D eigenvalue weighted by Gasteiger charge is -2.30. The fraction of sp³-hybridized carbons (Fsp3) is 0.400. The number of hydrogen-bond donors (Lipinski definition) is 2. The summed E-state index contributed by atoms with van der Waals surface area (Å²) in [5.41, 5.74) is 4.53. The van der Waals surface area contributed by atoms with E-state index in [0.717, 1.165) is 41.1 Å². The Morgan fingerprint density at radius 3 is 2.59 bits per heavy atom. The number of nitrogens with one attached hydrogen (secondary N) is 2. The van der Waals surface area contributed by atoms with E-state index in [1.165, 1.54) is 11.3 Å². The second kappa shape index (κ2) is 7.72. The molecule has 2 aromatic rings. The number of aromatic nitrogens is 1. The summed E-state index contributed by atoms with van der Waals surface area (Å²) in [5.74, 6) is -0.840. The van der Waals surface area contributed by atoms with Crippen molar-refractivity contribution < 1.29 is 14.4 Å². The van der Waals surface area contributed by atoms with E-state index < -0.39 is 17.5 Å². The normalized spacial score (nSPS) is 18.2. The van der Waals surface area contributed by atoms with Crippen LogP contribution in [0.2, 0.25) is 0 Å². The Morgan fingerprint density at radius 2 is 1.90 bits per heavy atom. The summed E-state index contributed by atoms with van der Waals surface area (Å²) in [4.78, 5) is 37.8. The monoisotopic (exact) mass is 430 g/mol. The minimum absolute atomic E-state index is 0.0738. The smallest absolute Gasteiger partial charge is 0.322 e. The summed E-state index contributed by atoms with van der Waals surface area (Å²) in [6, 6.07) is 7.38. The molecule has 7 nitrogen and oxygen atoms in total. The molecular formula is C20H22N4O3S2. The first kappa shape index (κ1) is 19.8. The maximum Gasteiger partial charge on any atom is 0.344 e. The van der Waals surface area contributed by atoms with Crippen molar-refractivity contribution in [3.05, 3.63) is 39.2 Å². The van der Waals surface area contributed by atoms with Crippen LogP contribution in [-0.4, -0.2) is 33.0 Å². The van der Waals surface area contributed by atoms with E-state index in [9.17, 15) is 14.4 Å². The first-order chi connectivity index (χ1) is 13.9. The van der Waals surface area contributed by atoms with Gasteiger partial charge < -0.3 is 9.88 Å². The fourth-order valence-electron chi connectivity index (χ4n) is 3.95. The third kappa shape index (κ3) is 3.72. The van der Waals surface area contributed by atoms with E-state index in [0.29, 0.717) is 16.8 Å². The molecule has 0 atom stereocenters. The van der Waals surface area contributed by atoms with Crippen molar-refractivity contribution in [1.29, 1.82) is 0 Å². The molecule has 1 saturated carbocycles. The molecule has 2 N–H and O–H groups in total. The van der Waals surface area contributed by atoms with Gasteiger partial charge in [-0.25, -0.2) is 4.79 Å². The molecule has 1 saturated heterocycles. The average molecular weight is 431 g/mol. The van der Waals surface area contributed by atoms with Crippen LogP contribution in [0.15, 0.2) is 29.6 Å². The van der Waals surface area contributed by atoms with Gasteiger partial charge in [-0.15, -0.1) is 11.3 Å². The number of amides is 4. The van der Waals surface area contributed by atoms with Crippen molar-refractivity contribution in [2.24, 2.45) is 0 Å². The predicted octanol–water partition coefficient (Wildman–Crippen LogP) is 3.54. The van der Waals surface area contributed by atoms with Crippen molar-refractivity contribution >= 4 is 41.4 Å². The van der Waals surface area contributed by atoms with Crippen LogP contribution in [0, 0.1) is 10.9 Å². The molecule has 4 amide bonds. The number of nitrogens with zero attached hydrogens (tertiary/aromatic N) is 2. The fourth-order valence-corrected chi connectivity index (χ4v) is 5.02. The summed E-state index contributed by atoms with van der Waals surface area (Å²) in [7, 11) is 0. The zero-order valence-corrected chi connectivity index (χ0v) is 17.7. The maximum atomic E-state index is 12.8. The second-order valence-electron chi connectivity index (χ2n) is 7.59. The molecule has 4 rings (SSSR count). The highest BCUT2D eigenvalue weighted by Crippen LogP contribution is 2.33. The van der Waals surface area contributed by atoms with Gasteiger partial charge in [0.05, 0.1) is 5.69 Å². The number of urea groups is 1. The van der Waals surface area contributed by atoms with E-state index in [-0.39, 0.29) is 12.5 Å². The third-order valence-corrected chi connectivity index (χ3v) is 6.81. The molecule has 29 heavy (non-hydrogen) atoms. The Morgan fingerprint density at radius 1 is 1.21 bits per heavy atom. The number of carbonyl (C=O) groups is 3. The molecule has 9 heteroatoms. The van der Waals surface area contributed by atoms with Gasteiger partial charge in [0.25, 0.3) is 11.8 Å². The predicted molar refractivity (Wildman–Crippen MR) is 113 cm³/mol. The van der Waals surface area contributed by atoms with Crippen molar-refractivity contribution in [2.45, 2.75) is 51.1 Å². The minimum Gasteiger partial charge on any atom is -0.322 e. The van der Waals surface area contributed by atoms with Gasteiger partial charge in [0.1, 0.15) is 12.1 Å². The molecule has 0 radical (unpaired) electrons. The summed E-state index contributed by atoms with van der Waals surface area (Å²) in [6.45, 7) is 1.93. The third-order valence-electron chi connectivity index (χ3n) is 5.54. The molecule has 0 bridgehead atoms. The number of imide groups is 1. The highest BCUT2D eigenvalue weighted by molar-refractivity contribution is 7.73. The molecule has 1 aliphatic heterocycles. The maximum absolute atomic E-state index is 12.8. The van der Waals surface area contributed by atoms with Crippen LogP contribution in [0.3, 0.4) is 0 Å². The van der Waals surface area contributed by atoms with Gasteiger partial charge in [-0.05, 0) is 37.5 Å². The molecule has 1 aromatic heterocycles. The average Bonchev–Trinajstić information content (AvgIpc) is 3.16. The van der Waals surface area contributed by atoms with Gasteiger partial charge in [0.2, 0.25) is 0 Å². The summed E-state index contributed by atoms with van der Waals surface area (Å²) in [5, 5.41) is 5.52. The van der Waals surface area contributed by atoms with E-state index in [1.807, 2.05) is 36.6 Å². The van der Waals surface area contributed by atoms with E-state index in [4.69, 9.17) is 12.2 Å². The number of thiazole rings is 1. The second-order valence-corrected chi connectivity index (χ2v) is 9.09. The topological polar surface area (TPSA) is 83.4 Å². The zero-order valence-electron chi connectivity index (χ0n) is 16.1. The standard InChI is InChI=1S/C20H22N4O3S2/c1-13-5-7-14(8-6-13)15-12-29-19(28)23(15)11-16(25)22-24-17(26)20(21-18(24)27)9-3-2-4-10-20/h5-8,12H,2-4,9-11H2,1H3,(H,21,27)(H,22,25). The van der Waals surface area contributed by atoms with Crippen LogP contribution in [0.25, 0.3) is 11.3 Å². The molecule has 152 valence electrons. The number of carbonyl (C=O) groups excluding carboxylic acids is 3. The van der Waals surface area contributed by atoms with Crippen LogP contribution >= 0.6 is 23.6 Å². The minimum atomic E-state index is -0.867. The van der Waals surface area contributed by atoms with Gasteiger partial charge in [-0.2, -0.15) is 5.01 Å². The lowest BCUT2D eigenvalue weighted by Crippen LogP contribution is -2.51. The molecule has 0 unspecified atom stereocenters. The van der Waals surface area contributed by atoms with Crippen LogP contribution in [0.1, 0.15) is 37.7 Å². The van der Waals surface area contributed by atoms with E-state index in [1.54, 1.807) is 4.57 Å². The van der Waals surface area contributed by atoms with Crippen molar-refractivity contribution in [3.8, 4) is 11.3 Å². The Kier molecular flexibility index (Phi) is 5.26. The quantitative estimate of drug-likeness (QED) is 0.574. The molecule has 2 fully saturated rings. The highest BCUT2D eigenvalue weighted by Gasteiger charge is 2.52. The first-order valence-electron chi connectivity index (χ1n) is 9.61. The number of hydrogen-bond acceptors (Lipinski definition) is 5. The van der Waals surface area contributed by atoms with Crippen molar-refractivity contribution in [3.63, 3.8) is 0 Å². The number of aryl methyl sites for hydroxylation is 1. The molecular weight excluding hydrogens is 408 g/mol. The van der Waals surface area contributed by atoms with Crippen LogP contribution in [-0.2, 0) is 16.1 Å². The van der Waals surface area contributed by atoms with Gasteiger partial charge in [-0.3, -0.25) is 15.0 Å². The Labute approximate surface area is 177 Å². The first-order valence-corrected chi connectivity index (χ1v) is 10.9. The Balaban J connectivity index is 1.50. The van der Waals surface area contributed by atoms with Crippen LogP contribution in [0.4, 0.5) is 4.79 Å². The SMILES string of the molecule is Cc1ccc(-c2csc(=S)n2CC(=O)NN2C(=O)NC3(CCCCC3)C2=O)cc1. The number of benzene rings is 1. The highest BCUT2D eigenvalue weighted by atomic mass is 32.1. The zero-order chi connectivity index (χ0) is 20.6. The van der Waals surface area contributed by atoms with E-state index >= 15 is 0 Å². The summed E-state index contributed by atoms with van der Waals surface area (Å²) >= 11 is 6.76. The largest absolute Gasteiger partial charge is 0.344 e. The van der Waals surface area contributed by atoms with E-state index in [2.05, 4.69) is 10.7 Å². The molecule has 1 aliphatic carbocycles. The lowest BCUT2D eigenvalue weighted by atomic mass is 9.82.